The summed E-state index contributed by atoms with van der Waals surface area (Å²) in [5, 5.41) is 0. The normalized spacial score (nSPS) is 18.6. The summed E-state index contributed by atoms with van der Waals surface area (Å²) in [6, 6.07) is 14.3. The molecule has 120 valence electrons. The molecule has 2 aromatic rings. The summed E-state index contributed by atoms with van der Waals surface area (Å²) in [5.74, 6) is 0.716. The first-order valence-corrected chi connectivity index (χ1v) is 7.94. The second kappa shape index (κ2) is 5.69. The van der Waals surface area contributed by atoms with Crippen LogP contribution in [0.1, 0.15) is 20.8 Å². The number of anilines is 1. The van der Waals surface area contributed by atoms with Gasteiger partial charge < -0.3 is 4.90 Å². The van der Waals surface area contributed by atoms with Gasteiger partial charge in [0.1, 0.15) is 5.82 Å². The Morgan fingerprint density at radius 1 is 1.04 bits per heavy atom. The molecule has 0 N–H and O–H groups in total. The molecule has 1 unspecified atom stereocenters. The van der Waals surface area contributed by atoms with Crippen LogP contribution in [0, 0.1) is 5.41 Å². The number of carbonyl (C=O) groups is 1. The van der Waals surface area contributed by atoms with Crippen LogP contribution in [0.25, 0.3) is 11.1 Å². The van der Waals surface area contributed by atoms with E-state index in [-0.39, 0.29) is 17.5 Å². The SMILES string of the molecule is CN1C(=O)N(c2ccc(-c3ccccc3)cn2)CC1C(C)(C)C. The number of benzene rings is 1. The van der Waals surface area contributed by atoms with Crippen molar-refractivity contribution in [1.29, 1.82) is 0 Å². The van der Waals surface area contributed by atoms with E-state index in [1.54, 1.807) is 4.90 Å². The summed E-state index contributed by atoms with van der Waals surface area (Å²) in [4.78, 5) is 20.6. The summed E-state index contributed by atoms with van der Waals surface area (Å²) in [7, 11) is 1.87. The monoisotopic (exact) mass is 309 g/mol. The molecule has 4 heteroatoms. The van der Waals surface area contributed by atoms with Crippen LogP contribution < -0.4 is 4.90 Å². The van der Waals surface area contributed by atoms with E-state index in [0.717, 1.165) is 11.1 Å². The molecule has 1 saturated heterocycles. The quantitative estimate of drug-likeness (QED) is 0.839. The Labute approximate surface area is 137 Å². The molecule has 0 radical (unpaired) electrons. The van der Waals surface area contributed by atoms with Crippen molar-refractivity contribution in [3.05, 3.63) is 48.7 Å². The Morgan fingerprint density at radius 3 is 2.26 bits per heavy atom. The molecule has 2 heterocycles. The number of amides is 2. The van der Waals surface area contributed by atoms with Crippen LogP contribution in [-0.2, 0) is 0 Å². The molecule has 1 aromatic carbocycles. The zero-order chi connectivity index (χ0) is 16.6. The third kappa shape index (κ3) is 2.93. The summed E-state index contributed by atoms with van der Waals surface area (Å²) in [6.45, 7) is 7.17. The predicted molar refractivity (Wildman–Crippen MR) is 93.4 cm³/mol. The number of hydrogen-bond donors (Lipinski definition) is 0. The molecule has 1 fully saturated rings. The van der Waals surface area contributed by atoms with Crippen LogP contribution in [-0.4, -0.2) is 35.5 Å². The number of hydrogen-bond acceptors (Lipinski definition) is 2. The van der Waals surface area contributed by atoms with E-state index in [1.807, 2.05) is 48.5 Å². The molecule has 1 atom stereocenters. The number of aromatic nitrogens is 1. The zero-order valence-electron chi connectivity index (χ0n) is 14.2. The number of nitrogens with zero attached hydrogens (tertiary/aromatic N) is 3. The third-order valence-corrected chi connectivity index (χ3v) is 4.49. The van der Waals surface area contributed by atoms with Crippen molar-refractivity contribution in [2.24, 2.45) is 5.41 Å². The van der Waals surface area contributed by atoms with Crippen molar-refractivity contribution in [3.63, 3.8) is 0 Å². The molecule has 0 aliphatic carbocycles. The fourth-order valence-corrected chi connectivity index (χ4v) is 3.09. The predicted octanol–water partition coefficient (Wildman–Crippen LogP) is 4.04. The van der Waals surface area contributed by atoms with Crippen LogP contribution >= 0.6 is 0 Å². The molecule has 2 amide bonds. The lowest BCUT2D eigenvalue weighted by molar-refractivity contribution is 0.174. The Morgan fingerprint density at radius 2 is 1.74 bits per heavy atom. The Kier molecular flexibility index (Phi) is 3.84. The largest absolute Gasteiger partial charge is 0.325 e. The lowest BCUT2D eigenvalue weighted by atomic mass is 9.86. The van der Waals surface area contributed by atoms with Gasteiger partial charge >= 0.3 is 6.03 Å². The number of rotatable bonds is 2. The first-order valence-electron chi connectivity index (χ1n) is 7.94. The van der Waals surface area contributed by atoms with Crippen LogP contribution in [0.15, 0.2) is 48.7 Å². The van der Waals surface area contributed by atoms with Gasteiger partial charge in [0.15, 0.2) is 0 Å². The summed E-state index contributed by atoms with van der Waals surface area (Å²) in [5.41, 5.74) is 2.23. The highest BCUT2D eigenvalue weighted by Crippen LogP contribution is 2.32. The van der Waals surface area contributed by atoms with Gasteiger partial charge in [-0.25, -0.2) is 9.78 Å². The van der Waals surface area contributed by atoms with Gasteiger partial charge in [0.25, 0.3) is 0 Å². The number of pyridine rings is 1. The van der Waals surface area contributed by atoms with E-state index in [4.69, 9.17) is 0 Å². The van der Waals surface area contributed by atoms with Crippen molar-refractivity contribution >= 4 is 11.8 Å². The molecule has 1 aliphatic rings. The number of urea groups is 1. The van der Waals surface area contributed by atoms with Crippen molar-refractivity contribution in [2.75, 3.05) is 18.5 Å². The van der Waals surface area contributed by atoms with E-state index < -0.39 is 0 Å². The summed E-state index contributed by atoms with van der Waals surface area (Å²) >= 11 is 0. The van der Waals surface area contributed by atoms with Crippen LogP contribution in [0.5, 0.6) is 0 Å². The molecule has 4 nitrogen and oxygen atoms in total. The lowest BCUT2D eigenvalue weighted by Crippen LogP contribution is -2.39. The average molecular weight is 309 g/mol. The van der Waals surface area contributed by atoms with Gasteiger partial charge in [0, 0.05) is 18.8 Å². The van der Waals surface area contributed by atoms with E-state index in [9.17, 15) is 4.79 Å². The Balaban J connectivity index is 1.84. The van der Waals surface area contributed by atoms with Gasteiger partial charge in [0.05, 0.1) is 12.6 Å². The van der Waals surface area contributed by atoms with E-state index in [0.29, 0.717) is 12.4 Å². The summed E-state index contributed by atoms with van der Waals surface area (Å²) in [6.07, 6.45) is 1.84. The summed E-state index contributed by atoms with van der Waals surface area (Å²) < 4.78 is 0. The molecule has 0 spiro atoms. The average Bonchev–Trinajstić information content (AvgIpc) is 2.84. The molecule has 0 bridgehead atoms. The molecule has 1 aliphatic heterocycles. The minimum absolute atomic E-state index is 0.0184. The van der Waals surface area contributed by atoms with Crippen molar-refractivity contribution in [3.8, 4) is 11.1 Å². The fraction of sp³-hybridized carbons (Fsp3) is 0.368. The minimum atomic E-state index is 0.0184. The van der Waals surface area contributed by atoms with Gasteiger partial charge in [-0.2, -0.15) is 0 Å². The van der Waals surface area contributed by atoms with Gasteiger partial charge in [-0.15, -0.1) is 0 Å². The highest BCUT2D eigenvalue weighted by Gasteiger charge is 2.42. The Bertz CT molecular complexity index is 689. The van der Waals surface area contributed by atoms with Crippen LogP contribution in [0.3, 0.4) is 0 Å². The van der Waals surface area contributed by atoms with Gasteiger partial charge in [0.2, 0.25) is 0 Å². The maximum absolute atomic E-state index is 12.5. The molecular weight excluding hydrogens is 286 g/mol. The third-order valence-electron chi connectivity index (χ3n) is 4.49. The molecular formula is C19H23N3O. The van der Waals surface area contributed by atoms with Crippen molar-refractivity contribution < 1.29 is 4.79 Å². The van der Waals surface area contributed by atoms with E-state index >= 15 is 0 Å². The van der Waals surface area contributed by atoms with Crippen molar-refractivity contribution in [2.45, 2.75) is 26.8 Å². The number of carbonyl (C=O) groups excluding carboxylic acids is 1. The maximum atomic E-state index is 12.5. The van der Waals surface area contributed by atoms with Crippen LogP contribution in [0.4, 0.5) is 10.6 Å². The topological polar surface area (TPSA) is 36.4 Å². The van der Waals surface area contributed by atoms with Crippen LogP contribution in [0.2, 0.25) is 0 Å². The first-order chi connectivity index (χ1) is 10.9. The van der Waals surface area contributed by atoms with Gasteiger partial charge in [-0.05, 0) is 23.1 Å². The molecule has 3 rings (SSSR count). The smallest absolute Gasteiger partial charge is 0.322 e. The highest BCUT2D eigenvalue weighted by molar-refractivity contribution is 5.93. The second-order valence-electron chi connectivity index (χ2n) is 7.16. The molecule has 1 aromatic heterocycles. The molecule has 0 saturated carbocycles. The molecule has 23 heavy (non-hydrogen) atoms. The second-order valence-corrected chi connectivity index (χ2v) is 7.16. The number of likely N-dealkylation sites (N-methyl/N-ethyl adjacent to an activating group) is 1. The standard InChI is InChI=1S/C19H23N3O/c1-19(2,3)16-13-22(18(23)21(16)4)17-11-10-15(12-20-17)14-8-6-5-7-9-14/h5-12,16H,13H2,1-4H3. The maximum Gasteiger partial charge on any atom is 0.325 e. The first kappa shape index (κ1) is 15.5. The van der Waals surface area contributed by atoms with E-state index in [1.165, 1.54) is 0 Å². The fourth-order valence-electron chi connectivity index (χ4n) is 3.09. The highest BCUT2D eigenvalue weighted by atomic mass is 16.2. The van der Waals surface area contributed by atoms with Gasteiger partial charge in [-0.3, -0.25) is 4.90 Å². The van der Waals surface area contributed by atoms with E-state index in [2.05, 4.69) is 37.9 Å². The van der Waals surface area contributed by atoms with Gasteiger partial charge in [-0.1, -0.05) is 51.1 Å². The van der Waals surface area contributed by atoms with Crippen molar-refractivity contribution in [1.82, 2.24) is 9.88 Å². The minimum Gasteiger partial charge on any atom is -0.322 e. The Hall–Kier alpha value is -2.36. The lowest BCUT2D eigenvalue weighted by Gasteiger charge is -2.30. The zero-order valence-corrected chi connectivity index (χ0v) is 14.2.